The quantitative estimate of drug-likeness (QED) is 0.570. The van der Waals surface area contributed by atoms with E-state index in [2.05, 4.69) is 4.18 Å². The SMILES string of the molecule is CC(C)(CCOS(C)(=O)=O)C(=O)OCc1ccccc1. The maximum absolute atomic E-state index is 12.0. The van der Waals surface area contributed by atoms with Crippen molar-refractivity contribution in [3.63, 3.8) is 0 Å². The van der Waals surface area contributed by atoms with Crippen LogP contribution >= 0.6 is 0 Å². The summed E-state index contributed by atoms with van der Waals surface area (Å²) in [6.07, 6.45) is 1.25. The van der Waals surface area contributed by atoms with Crippen molar-refractivity contribution in [2.24, 2.45) is 5.41 Å². The van der Waals surface area contributed by atoms with Crippen molar-refractivity contribution in [1.82, 2.24) is 0 Å². The minimum absolute atomic E-state index is 0.0354. The molecule has 5 nitrogen and oxygen atoms in total. The lowest BCUT2D eigenvalue weighted by Gasteiger charge is -2.22. The maximum atomic E-state index is 12.0. The van der Waals surface area contributed by atoms with Gasteiger partial charge in [0, 0.05) is 0 Å². The van der Waals surface area contributed by atoms with E-state index in [1.807, 2.05) is 30.3 Å². The Bertz CT molecular complexity index is 534. The van der Waals surface area contributed by atoms with Crippen LogP contribution in [0, 0.1) is 5.41 Å². The van der Waals surface area contributed by atoms with E-state index >= 15 is 0 Å². The van der Waals surface area contributed by atoms with Crippen molar-refractivity contribution < 1.29 is 22.1 Å². The molecule has 6 heteroatoms. The number of carbonyl (C=O) groups excluding carboxylic acids is 1. The molecule has 0 fully saturated rings. The second-order valence-electron chi connectivity index (χ2n) is 5.22. The zero-order valence-electron chi connectivity index (χ0n) is 12.0. The van der Waals surface area contributed by atoms with Crippen LogP contribution in [0.25, 0.3) is 0 Å². The molecule has 0 atom stereocenters. The summed E-state index contributed by atoms with van der Waals surface area (Å²) in [6.45, 7) is 3.57. The van der Waals surface area contributed by atoms with Gasteiger partial charge in [-0.3, -0.25) is 8.98 Å². The largest absolute Gasteiger partial charge is 0.460 e. The highest BCUT2D eigenvalue weighted by Gasteiger charge is 2.29. The summed E-state index contributed by atoms with van der Waals surface area (Å²) in [4.78, 5) is 12.0. The summed E-state index contributed by atoms with van der Waals surface area (Å²) in [5.41, 5.74) is 0.114. The van der Waals surface area contributed by atoms with E-state index in [0.717, 1.165) is 11.8 Å². The zero-order chi connectivity index (χ0) is 15.2. The first-order chi connectivity index (χ1) is 9.21. The Balaban J connectivity index is 2.44. The van der Waals surface area contributed by atoms with Crippen LogP contribution < -0.4 is 0 Å². The molecule has 0 radical (unpaired) electrons. The summed E-state index contributed by atoms with van der Waals surface area (Å²) in [6, 6.07) is 9.36. The van der Waals surface area contributed by atoms with Crippen LogP contribution in [0.4, 0.5) is 0 Å². The van der Waals surface area contributed by atoms with Crippen molar-refractivity contribution in [2.45, 2.75) is 26.9 Å². The van der Waals surface area contributed by atoms with Gasteiger partial charge in [0.15, 0.2) is 0 Å². The predicted molar refractivity (Wildman–Crippen MR) is 75.4 cm³/mol. The average Bonchev–Trinajstić information content (AvgIpc) is 2.35. The molecule has 1 rings (SSSR count). The van der Waals surface area contributed by atoms with Crippen LogP contribution in [0.2, 0.25) is 0 Å². The van der Waals surface area contributed by atoms with Crippen molar-refractivity contribution in [1.29, 1.82) is 0 Å². The van der Waals surface area contributed by atoms with E-state index in [9.17, 15) is 13.2 Å². The minimum Gasteiger partial charge on any atom is -0.460 e. The topological polar surface area (TPSA) is 69.7 Å². The molecule has 0 aliphatic rings. The Morgan fingerprint density at radius 2 is 1.80 bits per heavy atom. The van der Waals surface area contributed by atoms with Crippen LogP contribution in [0.15, 0.2) is 30.3 Å². The van der Waals surface area contributed by atoms with Gasteiger partial charge < -0.3 is 4.74 Å². The third-order valence-corrected chi connectivity index (χ3v) is 3.38. The van der Waals surface area contributed by atoms with Crippen LogP contribution in [-0.4, -0.2) is 27.2 Å². The molecule has 0 amide bonds. The fraction of sp³-hybridized carbons (Fsp3) is 0.500. The average molecular weight is 300 g/mol. The summed E-state index contributed by atoms with van der Waals surface area (Å²) >= 11 is 0. The first-order valence-electron chi connectivity index (χ1n) is 6.26. The Hall–Kier alpha value is -1.40. The number of hydrogen-bond acceptors (Lipinski definition) is 5. The van der Waals surface area contributed by atoms with Gasteiger partial charge in [0.2, 0.25) is 0 Å². The molecular formula is C14H20O5S. The third-order valence-electron chi connectivity index (χ3n) is 2.79. The van der Waals surface area contributed by atoms with Crippen LogP contribution in [0.5, 0.6) is 0 Å². The third kappa shape index (κ3) is 6.16. The standard InChI is InChI=1S/C14H20O5S/c1-14(2,9-10-19-20(3,16)17)13(15)18-11-12-7-5-4-6-8-12/h4-8H,9-11H2,1-3H3. The fourth-order valence-corrected chi connectivity index (χ4v) is 1.85. The molecule has 0 N–H and O–H groups in total. The van der Waals surface area contributed by atoms with Gasteiger partial charge in [0.05, 0.1) is 18.3 Å². The smallest absolute Gasteiger partial charge is 0.311 e. The van der Waals surface area contributed by atoms with E-state index in [0.29, 0.717) is 0 Å². The second-order valence-corrected chi connectivity index (χ2v) is 6.87. The summed E-state index contributed by atoms with van der Waals surface area (Å²) < 4.78 is 31.6. The lowest BCUT2D eigenvalue weighted by atomic mass is 9.90. The normalized spacial score (nSPS) is 12.2. The highest BCUT2D eigenvalue weighted by atomic mass is 32.2. The number of hydrogen-bond donors (Lipinski definition) is 0. The van der Waals surface area contributed by atoms with Crippen LogP contribution in [-0.2, 0) is 30.4 Å². The molecule has 0 bridgehead atoms. The molecule has 0 unspecified atom stereocenters. The molecule has 0 saturated carbocycles. The van der Waals surface area contributed by atoms with E-state index in [1.165, 1.54) is 0 Å². The van der Waals surface area contributed by atoms with E-state index in [-0.39, 0.29) is 25.6 Å². The van der Waals surface area contributed by atoms with Crippen molar-refractivity contribution >= 4 is 16.1 Å². The molecule has 112 valence electrons. The van der Waals surface area contributed by atoms with Crippen LogP contribution in [0.3, 0.4) is 0 Å². The molecule has 0 heterocycles. The fourth-order valence-electron chi connectivity index (χ4n) is 1.47. The molecule has 1 aromatic rings. The highest BCUT2D eigenvalue weighted by molar-refractivity contribution is 7.85. The molecule has 0 aromatic heterocycles. The number of carbonyl (C=O) groups is 1. The molecule has 1 aromatic carbocycles. The molecule has 0 aliphatic heterocycles. The molecule has 0 aliphatic carbocycles. The summed E-state index contributed by atoms with van der Waals surface area (Å²) in [5, 5.41) is 0. The number of benzene rings is 1. The van der Waals surface area contributed by atoms with Gasteiger partial charge in [-0.25, -0.2) is 0 Å². The van der Waals surface area contributed by atoms with Crippen molar-refractivity contribution in [3.8, 4) is 0 Å². The Labute approximate surface area is 120 Å². The van der Waals surface area contributed by atoms with Gasteiger partial charge in [-0.1, -0.05) is 30.3 Å². The predicted octanol–water partition coefficient (Wildman–Crippen LogP) is 2.12. The first kappa shape index (κ1) is 16.7. The van der Waals surface area contributed by atoms with Gasteiger partial charge >= 0.3 is 5.97 Å². The molecule has 0 spiro atoms. The molecular weight excluding hydrogens is 280 g/mol. The second kappa shape index (κ2) is 6.85. The molecule has 0 saturated heterocycles. The number of rotatable bonds is 7. The van der Waals surface area contributed by atoms with Gasteiger partial charge in [-0.15, -0.1) is 0 Å². The number of esters is 1. The number of ether oxygens (including phenoxy) is 1. The van der Waals surface area contributed by atoms with Crippen molar-refractivity contribution in [2.75, 3.05) is 12.9 Å². The summed E-state index contributed by atoms with van der Waals surface area (Å²) in [7, 11) is -3.48. The van der Waals surface area contributed by atoms with Crippen molar-refractivity contribution in [3.05, 3.63) is 35.9 Å². The summed E-state index contributed by atoms with van der Waals surface area (Å²) in [5.74, 6) is -0.376. The maximum Gasteiger partial charge on any atom is 0.311 e. The van der Waals surface area contributed by atoms with E-state index < -0.39 is 15.5 Å². The first-order valence-corrected chi connectivity index (χ1v) is 8.08. The van der Waals surface area contributed by atoms with E-state index in [1.54, 1.807) is 13.8 Å². The van der Waals surface area contributed by atoms with Gasteiger partial charge in [0.25, 0.3) is 10.1 Å². The minimum atomic E-state index is -3.48. The van der Waals surface area contributed by atoms with Gasteiger partial charge in [0.1, 0.15) is 6.61 Å². The van der Waals surface area contributed by atoms with Crippen LogP contribution in [0.1, 0.15) is 25.8 Å². The molecule has 20 heavy (non-hydrogen) atoms. The Morgan fingerprint density at radius 1 is 1.20 bits per heavy atom. The Kier molecular flexibility index (Phi) is 5.71. The lowest BCUT2D eigenvalue weighted by molar-refractivity contribution is -0.156. The van der Waals surface area contributed by atoms with Gasteiger partial charge in [-0.2, -0.15) is 8.42 Å². The monoisotopic (exact) mass is 300 g/mol. The highest BCUT2D eigenvalue weighted by Crippen LogP contribution is 2.23. The Morgan fingerprint density at radius 3 is 2.35 bits per heavy atom. The zero-order valence-corrected chi connectivity index (χ0v) is 12.8. The van der Waals surface area contributed by atoms with Gasteiger partial charge in [-0.05, 0) is 25.8 Å². The lowest BCUT2D eigenvalue weighted by Crippen LogP contribution is -2.28. The van der Waals surface area contributed by atoms with E-state index in [4.69, 9.17) is 4.74 Å².